The van der Waals surface area contributed by atoms with Gasteiger partial charge in [-0.25, -0.2) is 0 Å². The van der Waals surface area contributed by atoms with Crippen LogP contribution in [0, 0.1) is 17.8 Å². The van der Waals surface area contributed by atoms with Crippen molar-refractivity contribution in [3.8, 4) is 0 Å². The van der Waals surface area contributed by atoms with E-state index in [2.05, 4.69) is 0 Å². The maximum Gasteiger partial charge on any atom is 0.0459 e. The first kappa shape index (κ1) is 9.96. The monoisotopic (exact) mass is 174 g/mol. The van der Waals surface area contributed by atoms with Crippen LogP contribution in [0.2, 0.25) is 0 Å². The molecule has 1 aliphatic rings. The summed E-state index contributed by atoms with van der Waals surface area (Å²) < 4.78 is 0. The highest BCUT2D eigenvalue weighted by atomic mass is 16.3. The van der Waals surface area contributed by atoms with Gasteiger partial charge < -0.3 is 15.3 Å². The van der Waals surface area contributed by atoms with Crippen LogP contribution in [0.15, 0.2) is 0 Å². The lowest BCUT2D eigenvalue weighted by molar-refractivity contribution is 0.0653. The van der Waals surface area contributed by atoms with Crippen molar-refractivity contribution in [2.24, 2.45) is 17.8 Å². The average molecular weight is 174 g/mol. The smallest absolute Gasteiger partial charge is 0.0459 e. The maximum absolute atomic E-state index is 8.95. The van der Waals surface area contributed by atoms with E-state index in [0.29, 0.717) is 0 Å². The van der Waals surface area contributed by atoms with Gasteiger partial charge in [-0.3, -0.25) is 0 Å². The van der Waals surface area contributed by atoms with Crippen LogP contribution in [-0.4, -0.2) is 35.1 Å². The molecule has 1 aliphatic carbocycles. The van der Waals surface area contributed by atoms with Crippen molar-refractivity contribution in [3.63, 3.8) is 0 Å². The largest absolute Gasteiger partial charge is 0.396 e. The fraction of sp³-hybridized carbons (Fsp3) is 1.00. The lowest BCUT2D eigenvalue weighted by atomic mass is 9.76. The SMILES string of the molecule is OC[C@H]1C[C@@H](CO)C[C@@H](CO)C1. The Morgan fingerprint density at radius 1 is 0.667 bits per heavy atom. The molecule has 3 nitrogen and oxygen atoms in total. The van der Waals surface area contributed by atoms with E-state index in [1.54, 1.807) is 0 Å². The number of rotatable bonds is 3. The van der Waals surface area contributed by atoms with E-state index in [0.717, 1.165) is 19.3 Å². The van der Waals surface area contributed by atoms with Gasteiger partial charge in [0, 0.05) is 19.8 Å². The summed E-state index contributed by atoms with van der Waals surface area (Å²) in [5.41, 5.74) is 0. The van der Waals surface area contributed by atoms with Crippen LogP contribution in [0.5, 0.6) is 0 Å². The Kier molecular flexibility index (Phi) is 3.98. The molecule has 0 amide bonds. The second-order valence-corrected chi connectivity index (χ2v) is 3.85. The predicted molar refractivity (Wildman–Crippen MR) is 45.6 cm³/mol. The molecule has 1 saturated carbocycles. The van der Waals surface area contributed by atoms with Gasteiger partial charge in [0.15, 0.2) is 0 Å². The lowest BCUT2D eigenvalue weighted by Gasteiger charge is -2.32. The molecular formula is C9H18O3. The molecule has 1 fully saturated rings. The van der Waals surface area contributed by atoms with Crippen molar-refractivity contribution >= 4 is 0 Å². The van der Waals surface area contributed by atoms with Gasteiger partial charge in [-0.2, -0.15) is 0 Å². The third-order valence-corrected chi connectivity index (χ3v) is 2.77. The van der Waals surface area contributed by atoms with E-state index in [4.69, 9.17) is 15.3 Å². The predicted octanol–water partition coefficient (Wildman–Crippen LogP) is -0.00420. The van der Waals surface area contributed by atoms with Gasteiger partial charge in [-0.05, 0) is 37.0 Å². The van der Waals surface area contributed by atoms with Crippen LogP contribution in [0.4, 0.5) is 0 Å². The number of aliphatic hydroxyl groups is 3. The van der Waals surface area contributed by atoms with E-state index < -0.39 is 0 Å². The zero-order valence-corrected chi connectivity index (χ0v) is 7.32. The van der Waals surface area contributed by atoms with Crippen molar-refractivity contribution in [1.82, 2.24) is 0 Å². The molecule has 0 aromatic carbocycles. The fourth-order valence-electron chi connectivity index (χ4n) is 2.15. The molecule has 72 valence electrons. The third-order valence-electron chi connectivity index (χ3n) is 2.77. The lowest BCUT2D eigenvalue weighted by Crippen LogP contribution is -2.28. The first-order valence-electron chi connectivity index (χ1n) is 4.62. The van der Waals surface area contributed by atoms with Gasteiger partial charge in [0.1, 0.15) is 0 Å². The van der Waals surface area contributed by atoms with Crippen molar-refractivity contribution in [2.45, 2.75) is 19.3 Å². The summed E-state index contributed by atoms with van der Waals surface area (Å²) >= 11 is 0. The number of hydrogen-bond acceptors (Lipinski definition) is 3. The van der Waals surface area contributed by atoms with Crippen LogP contribution in [-0.2, 0) is 0 Å². The summed E-state index contributed by atoms with van der Waals surface area (Å²) in [7, 11) is 0. The Bertz CT molecular complexity index is 97.2. The zero-order valence-electron chi connectivity index (χ0n) is 7.32. The van der Waals surface area contributed by atoms with Gasteiger partial charge in [-0.15, -0.1) is 0 Å². The van der Waals surface area contributed by atoms with Gasteiger partial charge in [0.2, 0.25) is 0 Å². The quantitative estimate of drug-likeness (QED) is 0.564. The summed E-state index contributed by atoms with van der Waals surface area (Å²) in [5, 5.41) is 26.9. The zero-order chi connectivity index (χ0) is 8.97. The van der Waals surface area contributed by atoms with E-state index in [9.17, 15) is 0 Å². The highest BCUT2D eigenvalue weighted by Crippen LogP contribution is 2.32. The van der Waals surface area contributed by atoms with E-state index in [1.807, 2.05) is 0 Å². The molecule has 0 saturated heterocycles. The summed E-state index contributed by atoms with van der Waals surface area (Å²) in [6.07, 6.45) is 2.72. The van der Waals surface area contributed by atoms with Crippen LogP contribution in [0.25, 0.3) is 0 Å². The molecule has 0 unspecified atom stereocenters. The third kappa shape index (κ3) is 2.44. The van der Waals surface area contributed by atoms with Crippen molar-refractivity contribution in [3.05, 3.63) is 0 Å². The highest BCUT2D eigenvalue weighted by Gasteiger charge is 2.27. The Morgan fingerprint density at radius 3 is 1.08 bits per heavy atom. The summed E-state index contributed by atoms with van der Waals surface area (Å²) in [5.74, 6) is 0.856. The molecule has 3 heteroatoms. The van der Waals surface area contributed by atoms with E-state index in [-0.39, 0.29) is 37.6 Å². The van der Waals surface area contributed by atoms with Gasteiger partial charge >= 0.3 is 0 Å². The van der Waals surface area contributed by atoms with Crippen molar-refractivity contribution < 1.29 is 15.3 Å². The molecule has 0 heterocycles. The standard InChI is InChI=1S/C9H18O3/c10-4-7-1-8(5-11)3-9(2-7)6-12/h7-12H,1-6H2/t7-,8+,9-. The molecule has 0 bridgehead atoms. The van der Waals surface area contributed by atoms with Crippen LogP contribution in [0.1, 0.15) is 19.3 Å². The first-order valence-corrected chi connectivity index (χ1v) is 4.62. The Hall–Kier alpha value is -0.120. The second-order valence-electron chi connectivity index (χ2n) is 3.85. The van der Waals surface area contributed by atoms with Gasteiger partial charge in [-0.1, -0.05) is 0 Å². The van der Waals surface area contributed by atoms with E-state index in [1.165, 1.54) is 0 Å². The minimum atomic E-state index is 0.188. The van der Waals surface area contributed by atoms with Crippen molar-refractivity contribution in [1.29, 1.82) is 0 Å². The molecule has 0 aromatic heterocycles. The van der Waals surface area contributed by atoms with Gasteiger partial charge in [0.05, 0.1) is 0 Å². The Morgan fingerprint density at radius 2 is 0.917 bits per heavy atom. The Labute approximate surface area is 73.0 Å². The molecule has 12 heavy (non-hydrogen) atoms. The van der Waals surface area contributed by atoms with Crippen LogP contribution < -0.4 is 0 Å². The first-order chi connectivity index (χ1) is 5.80. The Balaban J connectivity index is 2.41. The van der Waals surface area contributed by atoms with Crippen LogP contribution >= 0.6 is 0 Å². The minimum Gasteiger partial charge on any atom is -0.396 e. The number of aliphatic hydroxyl groups excluding tert-OH is 3. The molecular weight excluding hydrogens is 156 g/mol. The molecule has 0 aromatic rings. The molecule has 0 aliphatic heterocycles. The fourth-order valence-corrected chi connectivity index (χ4v) is 2.15. The summed E-state index contributed by atoms with van der Waals surface area (Å²) in [6.45, 7) is 0.563. The molecule has 0 atom stereocenters. The van der Waals surface area contributed by atoms with Gasteiger partial charge in [0.25, 0.3) is 0 Å². The van der Waals surface area contributed by atoms with Crippen molar-refractivity contribution in [2.75, 3.05) is 19.8 Å². The molecule has 0 spiro atoms. The minimum absolute atomic E-state index is 0.188. The van der Waals surface area contributed by atoms with E-state index >= 15 is 0 Å². The average Bonchev–Trinajstić information content (AvgIpc) is 2.16. The molecule has 0 radical (unpaired) electrons. The van der Waals surface area contributed by atoms with Crippen LogP contribution in [0.3, 0.4) is 0 Å². The highest BCUT2D eigenvalue weighted by molar-refractivity contribution is 4.77. The summed E-state index contributed by atoms with van der Waals surface area (Å²) in [4.78, 5) is 0. The second kappa shape index (κ2) is 4.80. The normalized spacial score (nSPS) is 36.8. The maximum atomic E-state index is 8.95. The molecule has 3 N–H and O–H groups in total. The topological polar surface area (TPSA) is 60.7 Å². The molecule has 1 rings (SSSR count). The summed E-state index contributed by atoms with van der Waals surface area (Å²) in [6, 6.07) is 0. The number of hydrogen-bond donors (Lipinski definition) is 3.